The summed E-state index contributed by atoms with van der Waals surface area (Å²) in [5, 5.41) is 3.26. The van der Waals surface area contributed by atoms with E-state index >= 15 is 0 Å². The number of benzene rings is 1. The van der Waals surface area contributed by atoms with E-state index in [1.54, 1.807) is 26.2 Å². The van der Waals surface area contributed by atoms with Gasteiger partial charge in [-0.15, -0.1) is 0 Å². The third kappa shape index (κ3) is 4.32. The Morgan fingerprint density at radius 3 is 2.76 bits per heavy atom. The van der Waals surface area contributed by atoms with E-state index in [4.69, 9.17) is 4.74 Å². The van der Waals surface area contributed by atoms with Gasteiger partial charge in [-0.1, -0.05) is 0 Å². The number of carbonyl (C=O) groups excluding carboxylic acids is 1. The van der Waals surface area contributed by atoms with Crippen LogP contribution in [0.15, 0.2) is 30.3 Å². The summed E-state index contributed by atoms with van der Waals surface area (Å²) in [5.41, 5.74) is 2.17. The third-order valence-corrected chi connectivity index (χ3v) is 4.39. The van der Waals surface area contributed by atoms with E-state index in [0.717, 1.165) is 37.1 Å². The molecular weight excluding hydrogens is 321 g/mol. The van der Waals surface area contributed by atoms with Crippen molar-refractivity contribution in [2.45, 2.75) is 38.3 Å². The average molecular weight is 345 g/mol. The minimum Gasteiger partial charge on any atom is -0.488 e. The number of rotatable bonds is 6. The van der Waals surface area contributed by atoms with Gasteiger partial charge in [0.2, 0.25) is 0 Å². The van der Waals surface area contributed by atoms with Gasteiger partial charge in [0.15, 0.2) is 0 Å². The summed E-state index contributed by atoms with van der Waals surface area (Å²) in [6.07, 6.45) is 4.52. The van der Waals surface area contributed by atoms with Gasteiger partial charge in [0.05, 0.1) is 18.3 Å². The number of aromatic nitrogens is 1. The van der Waals surface area contributed by atoms with E-state index in [1.165, 1.54) is 17.0 Å². The van der Waals surface area contributed by atoms with Gasteiger partial charge in [0.1, 0.15) is 17.3 Å². The molecule has 1 amide bonds. The quantitative estimate of drug-likeness (QED) is 0.837. The van der Waals surface area contributed by atoms with Crippen LogP contribution in [0.4, 0.5) is 10.1 Å². The van der Waals surface area contributed by atoms with Gasteiger partial charge in [0.25, 0.3) is 5.91 Å². The van der Waals surface area contributed by atoms with Crippen LogP contribution in [-0.2, 0) is 6.54 Å². The van der Waals surface area contributed by atoms with Crippen LogP contribution in [0.1, 0.15) is 41.9 Å². The van der Waals surface area contributed by atoms with E-state index < -0.39 is 0 Å². The Bertz CT molecular complexity index is 736. The van der Waals surface area contributed by atoms with Crippen LogP contribution in [0.3, 0.4) is 0 Å². The van der Waals surface area contributed by atoms with Gasteiger partial charge in [-0.2, -0.15) is 0 Å². The highest BCUT2D eigenvalue weighted by molar-refractivity contribution is 5.92. The zero-order chi connectivity index (χ0) is 17.8. The molecule has 1 heterocycles. The Labute approximate surface area is 147 Å². The van der Waals surface area contributed by atoms with Crippen molar-refractivity contribution in [3.05, 3.63) is 47.5 Å². The summed E-state index contributed by atoms with van der Waals surface area (Å²) in [6, 6.07) is 8.16. The molecule has 1 aliphatic carbocycles. The number of hydrogen-bond acceptors (Lipinski definition) is 3. The molecule has 2 aromatic rings. The molecule has 25 heavy (non-hydrogen) atoms. The second-order valence-corrected chi connectivity index (χ2v) is 6.62. The van der Waals surface area contributed by atoms with E-state index in [9.17, 15) is 9.18 Å². The number of hydrogen-bond donors (Lipinski definition) is 2. The second-order valence-electron chi connectivity index (χ2n) is 6.62. The number of H-pyrrole nitrogens is 1. The predicted molar refractivity (Wildman–Crippen MR) is 95.4 cm³/mol. The predicted octanol–water partition coefficient (Wildman–Crippen LogP) is 3.79. The van der Waals surface area contributed by atoms with E-state index in [0.29, 0.717) is 18.0 Å². The normalized spacial score (nSPS) is 14.5. The van der Waals surface area contributed by atoms with Gasteiger partial charge < -0.3 is 19.9 Å². The van der Waals surface area contributed by atoms with Crippen molar-refractivity contribution in [3.8, 4) is 5.75 Å². The Hall–Kier alpha value is -2.50. The number of amides is 1. The lowest BCUT2D eigenvalue weighted by molar-refractivity contribution is 0.0822. The summed E-state index contributed by atoms with van der Waals surface area (Å²) in [5.74, 6) is 0.165. The van der Waals surface area contributed by atoms with Gasteiger partial charge in [-0.05, 0) is 49.9 Å². The lowest BCUT2D eigenvalue weighted by Gasteiger charge is -2.17. The molecule has 0 saturated heterocycles. The molecule has 3 rings (SSSR count). The first-order chi connectivity index (χ1) is 12.0. The molecule has 1 saturated carbocycles. The largest absolute Gasteiger partial charge is 0.488 e. The molecule has 6 heteroatoms. The Morgan fingerprint density at radius 1 is 1.28 bits per heavy atom. The van der Waals surface area contributed by atoms with Crippen LogP contribution in [0, 0.1) is 5.82 Å². The summed E-state index contributed by atoms with van der Waals surface area (Å²) < 4.78 is 19.6. The number of nitrogens with one attached hydrogen (secondary N) is 2. The highest BCUT2D eigenvalue weighted by atomic mass is 19.1. The van der Waals surface area contributed by atoms with Crippen molar-refractivity contribution in [2.24, 2.45) is 0 Å². The number of aromatic amines is 1. The van der Waals surface area contributed by atoms with Crippen molar-refractivity contribution < 1.29 is 13.9 Å². The van der Waals surface area contributed by atoms with Gasteiger partial charge in [-0.25, -0.2) is 4.39 Å². The standard InChI is InChI=1S/C19H24FN3O2/c1-23(2)19(24)17-10-8-14(22-17)12-21-16-9-7-13(20)11-18(16)25-15-5-3-4-6-15/h7-11,15,21-22H,3-6,12H2,1-2H3. The highest BCUT2D eigenvalue weighted by Crippen LogP contribution is 2.31. The topological polar surface area (TPSA) is 57.4 Å². The van der Waals surface area contributed by atoms with Crippen LogP contribution in [0.2, 0.25) is 0 Å². The fraction of sp³-hybridized carbons (Fsp3) is 0.421. The molecule has 5 nitrogen and oxygen atoms in total. The molecule has 1 aromatic heterocycles. The van der Waals surface area contributed by atoms with E-state index in [2.05, 4.69) is 10.3 Å². The van der Waals surface area contributed by atoms with Crippen molar-refractivity contribution in [1.82, 2.24) is 9.88 Å². The maximum absolute atomic E-state index is 13.6. The Morgan fingerprint density at radius 2 is 2.04 bits per heavy atom. The fourth-order valence-corrected chi connectivity index (χ4v) is 3.02. The first kappa shape index (κ1) is 17.3. The van der Waals surface area contributed by atoms with Crippen LogP contribution in [-0.4, -0.2) is 36.0 Å². The molecule has 0 unspecified atom stereocenters. The highest BCUT2D eigenvalue weighted by Gasteiger charge is 2.18. The summed E-state index contributed by atoms with van der Waals surface area (Å²) in [6.45, 7) is 0.493. The molecule has 0 spiro atoms. The Kier molecular flexibility index (Phi) is 5.26. The SMILES string of the molecule is CN(C)C(=O)c1ccc(CNc2ccc(F)cc2OC2CCCC2)[nH]1. The molecule has 1 aromatic carbocycles. The smallest absolute Gasteiger partial charge is 0.269 e. The monoisotopic (exact) mass is 345 g/mol. The van der Waals surface area contributed by atoms with Crippen LogP contribution in [0.5, 0.6) is 5.75 Å². The second kappa shape index (κ2) is 7.59. The number of halogens is 1. The Balaban J connectivity index is 1.67. The molecule has 0 aliphatic heterocycles. The number of ether oxygens (including phenoxy) is 1. The van der Waals surface area contributed by atoms with Crippen LogP contribution < -0.4 is 10.1 Å². The van der Waals surface area contributed by atoms with Crippen LogP contribution >= 0.6 is 0 Å². The third-order valence-electron chi connectivity index (χ3n) is 4.39. The maximum atomic E-state index is 13.6. The van der Waals surface area contributed by atoms with Gasteiger partial charge in [0, 0.05) is 25.9 Å². The number of nitrogens with zero attached hydrogens (tertiary/aromatic N) is 1. The van der Waals surface area contributed by atoms with Crippen molar-refractivity contribution in [3.63, 3.8) is 0 Å². The van der Waals surface area contributed by atoms with Crippen molar-refractivity contribution in [2.75, 3.05) is 19.4 Å². The molecule has 134 valence electrons. The summed E-state index contributed by atoms with van der Waals surface area (Å²) in [7, 11) is 3.43. The molecule has 1 aliphatic rings. The minimum absolute atomic E-state index is 0.0710. The van der Waals surface area contributed by atoms with Crippen LogP contribution in [0.25, 0.3) is 0 Å². The van der Waals surface area contributed by atoms with Gasteiger partial charge >= 0.3 is 0 Å². The zero-order valence-electron chi connectivity index (χ0n) is 14.6. The molecule has 0 radical (unpaired) electrons. The summed E-state index contributed by atoms with van der Waals surface area (Å²) >= 11 is 0. The molecule has 0 atom stereocenters. The first-order valence-corrected chi connectivity index (χ1v) is 8.62. The number of anilines is 1. The van der Waals surface area contributed by atoms with Crippen molar-refractivity contribution >= 4 is 11.6 Å². The van der Waals surface area contributed by atoms with E-state index in [-0.39, 0.29) is 17.8 Å². The van der Waals surface area contributed by atoms with Crippen molar-refractivity contribution in [1.29, 1.82) is 0 Å². The molecular formula is C19H24FN3O2. The maximum Gasteiger partial charge on any atom is 0.269 e. The van der Waals surface area contributed by atoms with Gasteiger partial charge in [-0.3, -0.25) is 4.79 Å². The zero-order valence-corrected chi connectivity index (χ0v) is 14.6. The summed E-state index contributed by atoms with van der Waals surface area (Å²) in [4.78, 5) is 16.6. The molecule has 1 fully saturated rings. The first-order valence-electron chi connectivity index (χ1n) is 8.62. The molecule has 2 N–H and O–H groups in total. The minimum atomic E-state index is -0.308. The lowest BCUT2D eigenvalue weighted by Crippen LogP contribution is -2.22. The average Bonchev–Trinajstić information content (AvgIpc) is 3.25. The fourth-order valence-electron chi connectivity index (χ4n) is 3.02. The molecule has 0 bridgehead atoms. The number of carbonyl (C=O) groups is 1. The van der Waals surface area contributed by atoms with E-state index in [1.807, 2.05) is 6.07 Å². The lowest BCUT2D eigenvalue weighted by atomic mass is 10.2.